The minimum absolute atomic E-state index is 0.333. The fraction of sp³-hybridized carbons (Fsp3) is 0.231. The Morgan fingerprint density at radius 1 is 1.30 bits per heavy atom. The molecule has 0 saturated heterocycles. The number of primary amides is 2. The van der Waals surface area contributed by atoms with E-state index in [0.29, 0.717) is 16.4 Å². The van der Waals surface area contributed by atoms with Crippen LogP contribution in [0.25, 0.3) is 11.0 Å². The fourth-order valence-electron chi connectivity index (χ4n) is 1.52. The number of carbonyl (C=O) groups excluding carboxylic acids is 2. The van der Waals surface area contributed by atoms with Crippen molar-refractivity contribution in [3.8, 4) is 0 Å². The van der Waals surface area contributed by atoms with E-state index in [-0.39, 0.29) is 5.91 Å². The van der Waals surface area contributed by atoms with E-state index < -0.39 is 12.1 Å². The van der Waals surface area contributed by atoms with Crippen LogP contribution in [0.2, 0.25) is 0 Å². The lowest BCUT2D eigenvalue weighted by molar-refractivity contribution is -0.115. The van der Waals surface area contributed by atoms with Crippen LogP contribution in [0.5, 0.6) is 0 Å². The molecule has 1 aromatic carbocycles. The molecule has 108 valence electrons. The van der Waals surface area contributed by atoms with E-state index in [0.717, 1.165) is 5.39 Å². The predicted molar refractivity (Wildman–Crippen MR) is 72.7 cm³/mol. The van der Waals surface area contributed by atoms with Crippen molar-refractivity contribution in [2.24, 2.45) is 11.5 Å². The Balaban J connectivity index is 0.000000444. The van der Waals surface area contributed by atoms with Crippen LogP contribution in [0.15, 0.2) is 34.7 Å². The zero-order valence-electron chi connectivity index (χ0n) is 11.2. The highest BCUT2D eigenvalue weighted by Crippen LogP contribution is 2.26. The van der Waals surface area contributed by atoms with Gasteiger partial charge >= 0.3 is 6.03 Å². The minimum atomic E-state index is -0.909. The maximum atomic E-state index is 10.8. The van der Waals surface area contributed by atoms with E-state index in [2.05, 4.69) is 5.73 Å². The highest BCUT2D eigenvalue weighted by molar-refractivity contribution is 5.78. The molecule has 0 spiro atoms. The summed E-state index contributed by atoms with van der Waals surface area (Å²) < 4.78 is 5.49. The Morgan fingerprint density at radius 2 is 1.85 bits per heavy atom. The lowest BCUT2D eigenvalue weighted by Gasteiger charge is -2.17. The van der Waals surface area contributed by atoms with Crippen molar-refractivity contribution in [1.82, 2.24) is 5.06 Å². The summed E-state index contributed by atoms with van der Waals surface area (Å²) in [4.78, 5) is 20.0. The van der Waals surface area contributed by atoms with Gasteiger partial charge in [0.2, 0.25) is 5.91 Å². The van der Waals surface area contributed by atoms with Gasteiger partial charge in [0.15, 0.2) is 0 Å². The predicted octanol–water partition coefficient (Wildman–Crippen LogP) is 1.76. The average Bonchev–Trinajstić information content (AvgIpc) is 2.79. The van der Waals surface area contributed by atoms with Gasteiger partial charge in [-0.05, 0) is 19.1 Å². The zero-order valence-corrected chi connectivity index (χ0v) is 11.2. The standard InChI is InChI=1S/C11H12N2O3.C2H5NO/c1-7(13(15)11(12)14)10-6-8-4-2-3-5-9(8)16-10;1-2(3)4/h2-7,15H,1H3,(H2,12,14);1H3,(H2,3,4). The Hall–Kier alpha value is -2.54. The van der Waals surface area contributed by atoms with Crippen molar-refractivity contribution in [2.75, 3.05) is 0 Å². The molecule has 2 rings (SSSR count). The van der Waals surface area contributed by atoms with E-state index in [1.165, 1.54) is 6.92 Å². The fourth-order valence-corrected chi connectivity index (χ4v) is 1.52. The Morgan fingerprint density at radius 3 is 2.35 bits per heavy atom. The van der Waals surface area contributed by atoms with Crippen LogP contribution in [0.3, 0.4) is 0 Å². The van der Waals surface area contributed by atoms with Crippen LogP contribution in [0.1, 0.15) is 25.6 Å². The van der Waals surface area contributed by atoms with Crippen molar-refractivity contribution < 1.29 is 19.2 Å². The van der Waals surface area contributed by atoms with Crippen molar-refractivity contribution in [2.45, 2.75) is 19.9 Å². The SMILES string of the molecule is CC(N)=O.CC(c1cc2ccccc2o1)N(O)C(N)=O. The highest BCUT2D eigenvalue weighted by Gasteiger charge is 2.20. The summed E-state index contributed by atoms with van der Waals surface area (Å²) in [6.45, 7) is 2.93. The smallest absolute Gasteiger partial charge is 0.339 e. The molecule has 0 aliphatic carbocycles. The maximum absolute atomic E-state index is 10.8. The summed E-state index contributed by atoms with van der Waals surface area (Å²) in [5.41, 5.74) is 10.1. The number of para-hydroxylation sites is 1. The number of amides is 3. The first-order chi connectivity index (χ1) is 9.32. The van der Waals surface area contributed by atoms with Gasteiger partial charge < -0.3 is 15.9 Å². The zero-order chi connectivity index (χ0) is 15.3. The van der Waals surface area contributed by atoms with Gasteiger partial charge in [-0.25, -0.2) is 4.79 Å². The molecular weight excluding hydrogens is 262 g/mol. The molecule has 7 nitrogen and oxygen atoms in total. The van der Waals surface area contributed by atoms with E-state index >= 15 is 0 Å². The third-order valence-electron chi connectivity index (χ3n) is 2.45. The lowest BCUT2D eigenvalue weighted by Crippen LogP contribution is -2.34. The summed E-state index contributed by atoms with van der Waals surface area (Å²) in [6, 6.07) is 7.70. The summed E-state index contributed by atoms with van der Waals surface area (Å²) in [5, 5.41) is 10.7. The third-order valence-corrected chi connectivity index (χ3v) is 2.45. The first-order valence-electron chi connectivity index (χ1n) is 5.85. The molecule has 3 amide bonds. The van der Waals surface area contributed by atoms with Crippen molar-refractivity contribution in [3.05, 3.63) is 36.1 Å². The number of nitrogens with two attached hydrogens (primary N) is 2. The largest absolute Gasteiger partial charge is 0.459 e. The van der Waals surface area contributed by atoms with E-state index in [1.807, 2.05) is 24.3 Å². The van der Waals surface area contributed by atoms with Crippen LogP contribution in [-0.4, -0.2) is 22.2 Å². The van der Waals surface area contributed by atoms with Crippen LogP contribution >= 0.6 is 0 Å². The second kappa shape index (κ2) is 6.58. The van der Waals surface area contributed by atoms with Crippen molar-refractivity contribution in [3.63, 3.8) is 0 Å². The first kappa shape index (κ1) is 15.5. The summed E-state index contributed by atoms with van der Waals surface area (Å²) >= 11 is 0. The van der Waals surface area contributed by atoms with Gasteiger partial charge in [0, 0.05) is 12.3 Å². The van der Waals surface area contributed by atoms with Crippen LogP contribution in [0, 0.1) is 0 Å². The number of rotatable bonds is 2. The number of furan rings is 1. The molecule has 0 saturated carbocycles. The molecule has 2 aromatic rings. The molecule has 0 aliphatic rings. The minimum Gasteiger partial charge on any atom is -0.459 e. The molecule has 1 atom stereocenters. The normalized spacial score (nSPS) is 11.3. The number of hydroxylamine groups is 2. The average molecular weight is 279 g/mol. The maximum Gasteiger partial charge on any atom is 0.339 e. The lowest BCUT2D eigenvalue weighted by atomic mass is 10.2. The summed E-state index contributed by atoms with van der Waals surface area (Å²) in [7, 11) is 0. The number of urea groups is 1. The number of carbonyl (C=O) groups is 2. The van der Waals surface area contributed by atoms with Gasteiger partial charge in [-0.1, -0.05) is 18.2 Å². The third kappa shape index (κ3) is 3.99. The number of hydrogen-bond donors (Lipinski definition) is 3. The molecule has 7 heteroatoms. The van der Waals surface area contributed by atoms with Gasteiger partial charge in [0.05, 0.1) is 0 Å². The van der Waals surface area contributed by atoms with E-state index in [9.17, 15) is 14.8 Å². The number of hydrogen-bond acceptors (Lipinski definition) is 4. The Bertz CT molecular complexity index is 571. The van der Waals surface area contributed by atoms with Crippen LogP contribution in [-0.2, 0) is 4.79 Å². The highest BCUT2D eigenvalue weighted by atomic mass is 16.5. The number of nitrogens with zero attached hydrogens (tertiary/aromatic N) is 1. The van der Waals surface area contributed by atoms with Crippen LogP contribution in [0.4, 0.5) is 4.79 Å². The molecule has 1 heterocycles. The number of benzene rings is 1. The Kier molecular flexibility index (Phi) is 5.10. The van der Waals surface area contributed by atoms with Gasteiger partial charge in [-0.2, -0.15) is 5.06 Å². The molecule has 1 unspecified atom stereocenters. The molecule has 0 bridgehead atoms. The van der Waals surface area contributed by atoms with Crippen molar-refractivity contribution >= 4 is 22.9 Å². The molecule has 0 aliphatic heterocycles. The van der Waals surface area contributed by atoms with Gasteiger partial charge in [-0.15, -0.1) is 0 Å². The summed E-state index contributed by atoms with van der Waals surface area (Å²) in [5.74, 6) is 0.155. The molecule has 0 fully saturated rings. The topological polar surface area (TPSA) is 123 Å². The van der Waals surface area contributed by atoms with Gasteiger partial charge in [0.1, 0.15) is 17.4 Å². The molecule has 5 N–H and O–H groups in total. The Labute approximate surface area is 115 Å². The monoisotopic (exact) mass is 279 g/mol. The van der Waals surface area contributed by atoms with Gasteiger partial charge in [0.25, 0.3) is 0 Å². The first-order valence-corrected chi connectivity index (χ1v) is 5.85. The van der Waals surface area contributed by atoms with E-state index in [1.54, 1.807) is 13.0 Å². The molecule has 0 radical (unpaired) electrons. The molecule has 1 aromatic heterocycles. The second-order valence-electron chi connectivity index (χ2n) is 4.16. The van der Waals surface area contributed by atoms with E-state index in [4.69, 9.17) is 10.2 Å². The molecule has 20 heavy (non-hydrogen) atoms. The summed E-state index contributed by atoms with van der Waals surface area (Å²) in [6.07, 6.45) is 0. The van der Waals surface area contributed by atoms with Crippen LogP contribution < -0.4 is 11.5 Å². The quantitative estimate of drug-likeness (QED) is 0.572. The van der Waals surface area contributed by atoms with Gasteiger partial charge in [-0.3, -0.25) is 10.0 Å². The number of fused-ring (bicyclic) bond motifs is 1. The second-order valence-corrected chi connectivity index (χ2v) is 4.16. The van der Waals surface area contributed by atoms with Crippen molar-refractivity contribution in [1.29, 1.82) is 0 Å². The molecular formula is C13H17N3O4.